The Balaban J connectivity index is 2.32. The molecule has 170 valence electrons. The van der Waals surface area contributed by atoms with Gasteiger partial charge < -0.3 is 10.1 Å². The van der Waals surface area contributed by atoms with E-state index in [4.69, 9.17) is 16.3 Å². The number of aryl methyl sites for hydroxylation is 1. The summed E-state index contributed by atoms with van der Waals surface area (Å²) in [5.41, 5.74) is 3.38. The summed E-state index contributed by atoms with van der Waals surface area (Å²) in [7, 11) is -2.06. The fourth-order valence-electron chi connectivity index (χ4n) is 3.62. The van der Waals surface area contributed by atoms with Crippen molar-refractivity contribution in [2.45, 2.75) is 52.6 Å². The van der Waals surface area contributed by atoms with E-state index in [0.29, 0.717) is 10.7 Å². The predicted molar refractivity (Wildman–Crippen MR) is 127 cm³/mol. The summed E-state index contributed by atoms with van der Waals surface area (Å²) < 4.78 is 31.5. The molecule has 1 N–H and O–H groups in total. The number of nitrogens with one attached hydrogen (secondary N) is 1. The molecule has 0 aliphatic heterocycles. The highest BCUT2D eigenvalue weighted by atomic mass is 35.5. The van der Waals surface area contributed by atoms with Crippen LogP contribution < -0.4 is 14.4 Å². The number of rotatable bonds is 8. The van der Waals surface area contributed by atoms with E-state index in [1.807, 2.05) is 26.0 Å². The molecular weight excluding hydrogens is 436 g/mol. The van der Waals surface area contributed by atoms with Crippen LogP contribution in [0.5, 0.6) is 5.75 Å². The van der Waals surface area contributed by atoms with Gasteiger partial charge in [0.05, 0.1) is 25.1 Å². The highest BCUT2D eigenvalue weighted by Gasteiger charge is 2.30. The topological polar surface area (TPSA) is 75.7 Å². The zero-order valence-corrected chi connectivity index (χ0v) is 20.6. The number of anilines is 1. The lowest BCUT2D eigenvalue weighted by Crippen LogP contribution is -2.48. The maximum Gasteiger partial charge on any atom is 0.244 e. The molecule has 2 rings (SSSR count). The van der Waals surface area contributed by atoms with Gasteiger partial charge in [0.25, 0.3) is 0 Å². The number of sulfonamides is 1. The molecule has 2 aromatic carbocycles. The monoisotopic (exact) mass is 466 g/mol. The summed E-state index contributed by atoms with van der Waals surface area (Å²) in [5.74, 6) is 0.671. The van der Waals surface area contributed by atoms with E-state index in [1.54, 1.807) is 38.3 Å². The number of amides is 1. The van der Waals surface area contributed by atoms with E-state index in [0.717, 1.165) is 33.0 Å². The lowest BCUT2D eigenvalue weighted by atomic mass is 9.93. The summed E-state index contributed by atoms with van der Waals surface area (Å²) >= 11 is 5.92. The van der Waals surface area contributed by atoms with Crippen LogP contribution in [0.4, 0.5) is 5.69 Å². The van der Waals surface area contributed by atoms with Gasteiger partial charge in [-0.05, 0) is 79.8 Å². The van der Waals surface area contributed by atoms with Crippen molar-refractivity contribution in [3.63, 3.8) is 0 Å². The van der Waals surface area contributed by atoms with Crippen LogP contribution in [0.1, 0.15) is 56.3 Å². The van der Waals surface area contributed by atoms with E-state index >= 15 is 0 Å². The molecule has 0 bridgehead atoms. The van der Waals surface area contributed by atoms with E-state index in [2.05, 4.69) is 19.2 Å². The molecule has 0 saturated carbocycles. The van der Waals surface area contributed by atoms with Gasteiger partial charge in [0.15, 0.2) is 0 Å². The normalized spacial score (nSPS) is 13.6. The predicted octanol–water partition coefficient (Wildman–Crippen LogP) is 4.81. The Bertz CT molecular complexity index is 1040. The zero-order chi connectivity index (χ0) is 23.5. The van der Waals surface area contributed by atoms with E-state index < -0.39 is 22.0 Å². The average molecular weight is 467 g/mol. The molecule has 0 aliphatic carbocycles. The number of benzene rings is 2. The Hall–Kier alpha value is -2.25. The van der Waals surface area contributed by atoms with Crippen molar-refractivity contribution in [1.29, 1.82) is 0 Å². The molecule has 0 heterocycles. The Morgan fingerprint density at radius 2 is 1.65 bits per heavy atom. The number of nitrogens with zero attached hydrogens (tertiary/aromatic N) is 1. The van der Waals surface area contributed by atoms with E-state index in [-0.39, 0.29) is 12.0 Å². The minimum Gasteiger partial charge on any atom is -0.496 e. The molecular formula is C23H31ClN2O4S. The fraction of sp³-hybridized carbons (Fsp3) is 0.435. The van der Waals surface area contributed by atoms with Crippen molar-refractivity contribution >= 4 is 33.2 Å². The molecule has 1 amide bonds. The molecule has 0 radical (unpaired) electrons. The number of carbonyl (C=O) groups is 1. The maximum atomic E-state index is 13.0. The largest absolute Gasteiger partial charge is 0.496 e. The lowest BCUT2D eigenvalue weighted by Gasteiger charge is -2.29. The minimum absolute atomic E-state index is 0.252. The first-order valence-corrected chi connectivity index (χ1v) is 12.3. The van der Waals surface area contributed by atoms with Crippen molar-refractivity contribution in [3.8, 4) is 5.75 Å². The molecule has 8 heteroatoms. The van der Waals surface area contributed by atoms with Crippen LogP contribution in [-0.2, 0) is 14.8 Å². The van der Waals surface area contributed by atoms with Crippen LogP contribution in [-0.4, -0.2) is 33.7 Å². The third-order valence-corrected chi connectivity index (χ3v) is 6.73. The van der Waals surface area contributed by atoms with E-state index in [9.17, 15) is 13.2 Å². The summed E-state index contributed by atoms with van der Waals surface area (Å²) in [4.78, 5) is 13.0. The standard InChI is InChI=1S/C23H31ClN2O4S/c1-14(2)20-13-21(15(3)12-22(20)30-6)16(4)25-23(27)17(5)26(31(7,28)29)19-10-8-18(24)9-11-19/h8-14,16-17H,1-7H3,(H,25,27)/t16-,17-/m0/s1. The minimum atomic E-state index is -3.70. The first kappa shape index (κ1) is 25.0. The van der Waals surface area contributed by atoms with Crippen LogP contribution in [0.15, 0.2) is 36.4 Å². The Morgan fingerprint density at radius 3 is 2.13 bits per heavy atom. The van der Waals surface area contributed by atoms with Crippen LogP contribution in [0, 0.1) is 6.92 Å². The summed E-state index contributed by atoms with van der Waals surface area (Å²) in [6.45, 7) is 9.58. The van der Waals surface area contributed by atoms with Gasteiger partial charge in [0.1, 0.15) is 11.8 Å². The molecule has 0 spiro atoms. The number of halogens is 1. The quantitative estimate of drug-likeness (QED) is 0.605. The Morgan fingerprint density at radius 1 is 1.06 bits per heavy atom. The highest BCUT2D eigenvalue weighted by Crippen LogP contribution is 2.32. The van der Waals surface area contributed by atoms with Crippen LogP contribution in [0.25, 0.3) is 0 Å². The van der Waals surface area contributed by atoms with Crippen molar-refractivity contribution < 1.29 is 17.9 Å². The molecule has 2 aromatic rings. The molecule has 0 aromatic heterocycles. The van der Waals surface area contributed by atoms with Gasteiger partial charge in [-0.25, -0.2) is 8.42 Å². The number of hydrogen-bond donors (Lipinski definition) is 1. The maximum absolute atomic E-state index is 13.0. The van der Waals surface area contributed by atoms with Gasteiger partial charge in [-0.1, -0.05) is 25.4 Å². The van der Waals surface area contributed by atoms with Crippen LogP contribution >= 0.6 is 11.6 Å². The highest BCUT2D eigenvalue weighted by molar-refractivity contribution is 7.92. The van der Waals surface area contributed by atoms with Gasteiger partial charge in [0.2, 0.25) is 15.9 Å². The molecule has 6 nitrogen and oxygen atoms in total. The molecule has 0 saturated heterocycles. The Kier molecular flexibility index (Phi) is 8.00. The number of methoxy groups -OCH3 is 1. The van der Waals surface area contributed by atoms with Crippen molar-refractivity contribution in [3.05, 3.63) is 58.1 Å². The summed E-state index contributed by atoms with van der Waals surface area (Å²) in [5, 5.41) is 3.45. The molecule has 31 heavy (non-hydrogen) atoms. The second kappa shape index (κ2) is 9.92. The fourth-order valence-corrected chi connectivity index (χ4v) is 4.92. The summed E-state index contributed by atoms with van der Waals surface area (Å²) in [6, 6.07) is 9.10. The lowest BCUT2D eigenvalue weighted by molar-refractivity contribution is -0.122. The van der Waals surface area contributed by atoms with Crippen molar-refractivity contribution in [2.75, 3.05) is 17.7 Å². The van der Waals surface area contributed by atoms with E-state index in [1.165, 1.54) is 0 Å². The van der Waals surface area contributed by atoms with Gasteiger partial charge in [-0.2, -0.15) is 0 Å². The van der Waals surface area contributed by atoms with Crippen LogP contribution in [0.3, 0.4) is 0 Å². The van der Waals surface area contributed by atoms with Gasteiger partial charge in [-0.3, -0.25) is 9.10 Å². The zero-order valence-electron chi connectivity index (χ0n) is 19.1. The Labute approximate surface area is 190 Å². The van der Waals surface area contributed by atoms with Crippen molar-refractivity contribution in [2.24, 2.45) is 0 Å². The second-order valence-electron chi connectivity index (χ2n) is 8.05. The first-order valence-electron chi connectivity index (χ1n) is 10.1. The van der Waals surface area contributed by atoms with Gasteiger partial charge >= 0.3 is 0 Å². The second-order valence-corrected chi connectivity index (χ2v) is 10.3. The van der Waals surface area contributed by atoms with Gasteiger partial charge in [0, 0.05) is 5.02 Å². The molecule has 0 aliphatic rings. The number of hydrogen-bond acceptors (Lipinski definition) is 4. The molecule has 0 unspecified atom stereocenters. The number of carbonyl (C=O) groups excluding carboxylic acids is 1. The number of ether oxygens (including phenoxy) is 1. The SMILES string of the molecule is COc1cc(C)c([C@H](C)NC(=O)[C@H](C)N(c2ccc(Cl)cc2)S(C)(=O)=O)cc1C(C)C. The molecule has 0 fully saturated rings. The smallest absolute Gasteiger partial charge is 0.244 e. The van der Waals surface area contributed by atoms with Crippen molar-refractivity contribution in [1.82, 2.24) is 5.32 Å². The summed E-state index contributed by atoms with van der Waals surface area (Å²) in [6.07, 6.45) is 1.08. The molecule has 2 atom stereocenters. The van der Waals surface area contributed by atoms with Crippen LogP contribution in [0.2, 0.25) is 5.02 Å². The third kappa shape index (κ3) is 5.92. The first-order chi connectivity index (χ1) is 14.4. The average Bonchev–Trinajstić information content (AvgIpc) is 2.67. The van der Waals surface area contributed by atoms with Gasteiger partial charge in [-0.15, -0.1) is 0 Å². The third-order valence-electron chi connectivity index (χ3n) is 5.24.